The number of β-amino-alcohol motifs (C(OH)–C–C–N with tert-alkyl or cyclic N) is 1. The number of benzene rings is 1. The lowest BCUT2D eigenvalue weighted by molar-refractivity contribution is 0.0122. The Bertz CT molecular complexity index is 359. The van der Waals surface area contributed by atoms with Gasteiger partial charge in [0.25, 0.3) is 0 Å². The van der Waals surface area contributed by atoms with E-state index in [1.807, 2.05) is 0 Å². The van der Waals surface area contributed by atoms with Gasteiger partial charge in [0.15, 0.2) is 0 Å². The topological polar surface area (TPSA) is 32.3 Å². The largest absolute Gasteiger partial charge is 0.384 e. The van der Waals surface area contributed by atoms with Gasteiger partial charge in [-0.3, -0.25) is 0 Å². The number of halogens is 1. The molecule has 0 bridgehead atoms. The summed E-state index contributed by atoms with van der Waals surface area (Å²) in [6.07, 6.45) is 1.69. The summed E-state index contributed by atoms with van der Waals surface area (Å²) in [5.41, 5.74) is 0.580. The van der Waals surface area contributed by atoms with E-state index in [-0.39, 0.29) is 5.82 Å². The fourth-order valence-corrected chi connectivity index (χ4v) is 2.07. The molecular weight excluding hydrogens is 193 g/mol. The maximum absolute atomic E-state index is 13.1. The average molecular weight is 209 g/mol. The highest BCUT2D eigenvalue weighted by Gasteiger charge is 2.31. The number of aliphatic hydroxyl groups is 1. The van der Waals surface area contributed by atoms with E-state index in [9.17, 15) is 9.50 Å². The van der Waals surface area contributed by atoms with Gasteiger partial charge in [-0.2, -0.15) is 0 Å². The molecule has 1 unspecified atom stereocenters. The first-order valence-corrected chi connectivity index (χ1v) is 5.31. The van der Waals surface area contributed by atoms with Crippen LogP contribution in [0.4, 0.5) is 4.39 Å². The summed E-state index contributed by atoms with van der Waals surface area (Å²) in [6, 6.07) is 4.84. The number of aryl methyl sites for hydroxylation is 1. The van der Waals surface area contributed by atoms with Crippen LogP contribution in [-0.2, 0) is 5.60 Å². The second-order valence-electron chi connectivity index (χ2n) is 4.28. The maximum atomic E-state index is 13.1. The molecule has 0 saturated carbocycles. The minimum absolute atomic E-state index is 0.217. The Morgan fingerprint density at radius 2 is 2.27 bits per heavy atom. The number of hydrogen-bond donors (Lipinski definition) is 2. The Balaban J connectivity index is 2.31. The molecule has 0 amide bonds. The number of hydrogen-bond acceptors (Lipinski definition) is 2. The minimum Gasteiger partial charge on any atom is -0.384 e. The molecule has 0 radical (unpaired) electrons. The Morgan fingerprint density at radius 3 is 2.87 bits per heavy atom. The van der Waals surface area contributed by atoms with Crippen molar-refractivity contribution in [2.75, 3.05) is 13.1 Å². The van der Waals surface area contributed by atoms with Crippen molar-refractivity contribution >= 4 is 0 Å². The molecule has 2 N–H and O–H groups in total. The van der Waals surface area contributed by atoms with E-state index >= 15 is 0 Å². The third kappa shape index (κ3) is 2.03. The predicted octanol–water partition coefficient (Wildman–Crippen LogP) is 1.71. The van der Waals surface area contributed by atoms with Gasteiger partial charge < -0.3 is 10.4 Å². The van der Waals surface area contributed by atoms with E-state index < -0.39 is 5.60 Å². The van der Waals surface area contributed by atoms with E-state index in [1.165, 1.54) is 6.07 Å². The normalized spacial score (nSPS) is 26.6. The highest BCUT2D eigenvalue weighted by molar-refractivity contribution is 5.29. The van der Waals surface area contributed by atoms with Gasteiger partial charge in [0, 0.05) is 6.54 Å². The zero-order valence-electron chi connectivity index (χ0n) is 8.89. The van der Waals surface area contributed by atoms with Crippen LogP contribution in [0.2, 0.25) is 0 Å². The zero-order valence-corrected chi connectivity index (χ0v) is 8.89. The third-order valence-electron chi connectivity index (χ3n) is 3.06. The summed E-state index contributed by atoms with van der Waals surface area (Å²) < 4.78 is 13.1. The lowest BCUT2D eigenvalue weighted by Crippen LogP contribution is -2.43. The van der Waals surface area contributed by atoms with E-state index in [2.05, 4.69) is 5.32 Å². The number of piperidine rings is 1. The van der Waals surface area contributed by atoms with Crippen LogP contribution in [0.1, 0.15) is 24.0 Å². The van der Waals surface area contributed by atoms with Crippen LogP contribution in [0, 0.1) is 12.7 Å². The van der Waals surface area contributed by atoms with Crippen molar-refractivity contribution < 1.29 is 9.50 Å². The molecule has 2 nitrogen and oxygen atoms in total. The predicted molar refractivity (Wildman–Crippen MR) is 57.1 cm³/mol. The Morgan fingerprint density at radius 1 is 1.47 bits per heavy atom. The van der Waals surface area contributed by atoms with Gasteiger partial charge in [0.05, 0.1) is 0 Å². The van der Waals surface area contributed by atoms with Gasteiger partial charge in [-0.25, -0.2) is 4.39 Å². The van der Waals surface area contributed by atoms with Crippen LogP contribution >= 0.6 is 0 Å². The van der Waals surface area contributed by atoms with Gasteiger partial charge in [-0.1, -0.05) is 12.1 Å². The maximum Gasteiger partial charge on any atom is 0.126 e. The molecule has 1 fully saturated rings. The fraction of sp³-hybridized carbons (Fsp3) is 0.500. The van der Waals surface area contributed by atoms with Gasteiger partial charge in [-0.15, -0.1) is 0 Å². The standard InChI is InChI=1S/C12H16FNO/c1-9-7-10(3-4-11(9)13)12(15)5-2-6-14-8-12/h3-4,7,14-15H,2,5-6,8H2,1H3. The summed E-state index contributed by atoms with van der Waals surface area (Å²) in [5.74, 6) is -0.217. The second kappa shape index (κ2) is 3.91. The van der Waals surface area contributed by atoms with E-state index in [0.29, 0.717) is 12.1 Å². The first-order chi connectivity index (χ1) is 7.12. The molecule has 1 aromatic carbocycles. The Hall–Kier alpha value is -0.930. The Kier molecular flexibility index (Phi) is 2.76. The monoisotopic (exact) mass is 209 g/mol. The number of nitrogens with one attached hydrogen (secondary N) is 1. The van der Waals surface area contributed by atoms with Gasteiger partial charge in [-0.05, 0) is 43.5 Å². The molecule has 1 aliphatic rings. The smallest absolute Gasteiger partial charge is 0.126 e. The lowest BCUT2D eigenvalue weighted by Gasteiger charge is -2.33. The first kappa shape index (κ1) is 10.6. The Labute approximate surface area is 89.1 Å². The van der Waals surface area contributed by atoms with Crippen LogP contribution in [0.3, 0.4) is 0 Å². The molecule has 2 rings (SSSR count). The molecule has 1 heterocycles. The molecule has 0 aromatic heterocycles. The second-order valence-corrected chi connectivity index (χ2v) is 4.28. The lowest BCUT2D eigenvalue weighted by atomic mass is 9.86. The molecule has 1 saturated heterocycles. The van der Waals surface area contributed by atoms with Crippen molar-refractivity contribution in [2.24, 2.45) is 0 Å². The highest BCUT2D eigenvalue weighted by Crippen LogP contribution is 2.29. The summed E-state index contributed by atoms with van der Waals surface area (Å²) in [4.78, 5) is 0. The SMILES string of the molecule is Cc1cc(C2(O)CCCNC2)ccc1F. The quantitative estimate of drug-likeness (QED) is 0.738. The minimum atomic E-state index is -0.823. The van der Waals surface area contributed by atoms with Crippen LogP contribution in [0.5, 0.6) is 0 Å². The molecule has 1 aromatic rings. The molecule has 3 heteroatoms. The third-order valence-corrected chi connectivity index (χ3v) is 3.06. The average Bonchev–Trinajstić information content (AvgIpc) is 2.23. The molecule has 1 aliphatic heterocycles. The summed E-state index contributed by atoms with van der Waals surface area (Å²) in [7, 11) is 0. The van der Waals surface area contributed by atoms with Crippen molar-refractivity contribution in [2.45, 2.75) is 25.4 Å². The van der Waals surface area contributed by atoms with E-state index in [0.717, 1.165) is 24.9 Å². The molecule has 1 atom stereocenters. The van der Waals surface area contributed by atoms with Crippen molar-refractivity contribution in [1.82, 2.24) is 5.32 Å². The van der Waals surface area contributed by atoms with Crippen molar-refractivity contribution in [3.05, 3.63) is 35.1 Å². The zero-order chi connectivity index (χ0) is 10.9. The van der Waals surface area contributed by atoms with Gasteiger partial charge in [0.2, 0.25) is 0 Å². The van der Waals surface area contributed by atoms with Crippen LogP contribution < -0.4 is 5.32 Å². The number of rotatable bonds is 1. The van der Waals surface area contributed by atoms with E-state index in [1.54, 1.807) is 19.1 Å². The highest BCUT2D eigenvalue weighted by atomic mass is 19.1. The van der Waals surface area contributed by atoms with Crippen LogP contribution in [-0.4, -0.2) is 18.2 Å². The van der Waals surface area contributed by atoms with Gasteiger partial charge in [0.1, 0.15) is 11.4 Å². The van der Waals surface area contributed by atoms with Crippen molar-refractivity contribution in [1.29, 1.82) is 0 Å². The molecular formula is C12H16FNO. The fourth-order valence-electron chi connectivity index (χ4n) is 2.07. The van der Waals surface area contributed by atoms with Gasteiger partial charge >= 0.3 is 0 Å². The van der Waals surface area contributed by atoms with Crippen LogP contribution in [0.15, 0.2) is 18.2 Å². The molecule has 0 aliphatic carbocycles. The first-order valence-electron chi connectivity index (χ1n) is 5.31. The molecule has 0 spiro atoms. The van der Waals surface area contributed by atoms with Crippen LogP contribution in [0.25, 0.3) is 0 Å². The summed E-state index contributed by atoms with van der Waals surface area (Å²) in [6.45, 7) is 3.22. The summed E-state index contributed by atoms with van der Waals surface area (Å²) in [5, 5.41) is 13.5. The van der Waals surface area contributed by atoms with Crippen molar-refractivity contribution in [3.63, 3.8) is 0 Å². The summed E-state index contributed by atoms with van der Waals surface area (Å²) >= 11 is 0. The van der Waals surface area contributed by atoms with E-state index in [4.69, 9.17) is 0 Å². The van der Waals surface area contributed by atoms with Crippen molar-refractivity contribution in [3.8, 4) is 0 Å². The molecule has 82 valence electrons. The molecule has 15 heavy (non-hydrogen) atoms.